The van der Waals surface area contributed by atoms with E-state index >= 15 is 0 Å². The van der Waals surface area contributed by atoms with Gasteiger partial charge in [-0.1, -0.05) is 12.1 Å². The SMILES string of the molecule is Cc1[nH]c2ccc[c]c2c1O. The number of aryl methyl sites for hydroxylation is 1. The molecule has 11 heavy (non-hydrogen) atoms. The van der Waals surface area contributed by atoms with Crippen LogP contribution in [0.1, 0.15) is 5.69 Å². The van der Waals surface area contributed by atoms with Crippen LogP contribution in [-0.2, 0) is 0 Å². The van der Waals surface area contributed by atoms with Crippen molar-refractivity contribution in [3.05, 3.63) is 30.0 Å². The van der Waals surface area contributed by atoms with Gasteiger partial charge in [-0.05, 0) is 19.1 Å². The highest BCUT2D eigenvalue weighted by molar-refractivity contribution is 5.86. The van der Waals surface area contributed by atoms with Crippen LogP contribution in [0.15, 0.2) is 18.2 Å². The number of hydrogen-bond donors (Lipinski definition) is 2. The van der Waals surface area contributed by atoms with Crippen molar-refractivity contribution in [2.24, 2.45) is 0 Å². The molecule has 0 aliphatic carbocycles. The fraction of sp³-hybridized carbons (Fsp3) is 0.111. The maximum absolute atomic E-state index is 9.44. The molecule has 2 nitrogen and oxygen atoms in total. The summed E-state index contributed by atoms with van der Waals surface area (Å²) in [6.45, 7) is 1.84. The average molecular weight is 146 g/mol. The zero-order valence-electron chi connectivity index (χ0n) is 6.18. The summed E-state index contributed by atoms with van der Waals surface area (Å²) in [4.78, 5) is 3.05. The van der Waals surface area contributed by atoms with E-state index in [0.29, 0.717) is 5.75 Å². The number of aromatic nitrogens is 1. The Kier molecular flexibility index (Phi) is 1.15. The zero-order valence-corrected chi connectivity index (χ0v) is 6.18. The molecule has 0 aliphatic heterocycles. The molecule has 0 bridgehead atoms. The van der Waals surface area contributed by atoms with Gasteiger partial charge in [0, 0.05) is 5.39 Å². The Labute approximate surface area is 64.5 Å². The van der Waals surface area contributed by atoms with Gasteiger partial charge in [-0.3, -0.25) is 0 Å². The maximum atomic E-state index is 9.44. The smallest absolute Gasteiger partial charge is 0.144 e. The van der Waals surface area contributed by atoms with Crippen LogP contribution in [-0.4, -0.2) is 10.1 Å². The van der Waals surface area contributed by atoms with Gasteiger partial charge in [-0.2, -0.15) is 0 Å². The molecular formula is C9H8NO. The van der Waals surface area contributed by atoms with E-state index in [1.807, 2.05) is 19.1 Å². The van der Waals surface area contributed by atoms with Crippen molar-refractivity contribution in [3.63, 3.8) is 0 Å². The lowest BCUT2D eigenvalue weighted by molar-refractivity contribution is 0.477. The first-order valence-corrected chi connectivity index (χ1v) is 3.47. The van der Waals surface area contributed by atoms with Crippen molar-refractivity contribution < 1.29 is 5.11 Å². The van der Waals surface area contributed by atoms with Gasteiger partial charge in [-0.15, -0.1) is 0 Å². The average Bonchev–Trinajstić information content (AvgIpc) is 2.30. The minimum Gasteiger partial charge on any atom is -0.505 e. The summed E-state index contributed by atoms with van der Waals surface area (Å²) in [7, 11) is 0. The van der Waals surface area contributed by atoms with Gasteiger partial charge in [0.05, 0.1) is 11.2 Å². The van der Waals surface area contributed by atoms with E-state index in [1.165, 1.54) is 0 Å². The first-order valence-electron chi connectivity index (χ1n) is 3.47. The van der Waals surface area contributed by atoms with Crippen LogP contribution in [0.3, 0.4) is 0 Å². The Hall–Kier alpha value is -1.44. The number of hydrogen-bond acceptors (Lipinski definition) is 1. The molecule has 1 aromatic carbocycles. The Morgan fingerprint density at radius 3 is 3.09 bits per heavy atom. The number of aromatic hydroxyl groups is 1. The second-order valence-corrected chi connectivity index (χ2v) is 2.56. The summed E-state index contributed by atoms with van der Waals surface area (Å²) in [5, 5.41) is 10.2. The van der Waals surface area contributed by atoms with E-state index in [4.69, 9.17) is 0 Å². The molecule has 0 atom stereocenters. The number of aromatic amines is 1. The number of nitrogens with one attached hydrogen (secondary N) is 1. The molecular weight excluding hydrogens is 138 g/mol. The van der Waals surface area contributed by atoms with Crippen molar-refractivity contribution in [3.8, 4) is 5.75 Å². The molecule has 2 aromatic rings. The van der Waals surface area contributed by atoms with E-state index in [0.717, 1.165) is 16.6 Å². The van der Waals surface area contributed by atoms with Crippen LogP contribution in [0.4, 0.5) is 0 Å². The van der Waals surface area contributed by atoms with Gasteiger partial charge in [0.2, 0.25) is 0 Å². The molecule has 0 aliphatic rings. The van der Waals surface area contributed by atoms with Gasteiger partial charge in [0.15, 0.2) is 0 Å². The molecule has 0 spiro atoms. The molecule has 0 saturated carbocycles. The van der Waals surface area contributed by atoms with Crippen molar-refractivity contribution in [2.45, 2.75) is 6.92 Å². The highest BCUT2D eigenvalue weighted by Crippen LogP contribution is 2.26. The number of H-pyrrole nitrogens is 1. The summed E-state index contributed by atoms with van der Waals surface area (Å²) in [5.41, 5.74) is 1.73. The largest absolute Gasteiger partial charge is 0.505 e. The molecule has 0 unspecified atom stereocenters. The topological polar surface area (TPSA) is 36.0 Å². The quantitative estimate of drug-likeness (QED) is 0.585. The molecule has 0 saturated heterocycles. The van der Waals surface area contributed by atoms with Crippen molar-refractivity contribution >= 4 is 10.9 Å². The van der Waals surface area contributed by atoms with Crippen molar-refractivity contribution in [1.82, 2.24) is 4.98 Å². The fourth-order valence-corrected chi connectivity index (χ4v) is 1.19. The second-order valence-electron chi connectivity index (χ2n) is 2.56. The zero-order chi connectivity index (χ0) is 7.84. The van der Waals surface area contributed by atoms with E-state index in [1.54, 1.807) is 6.07 Å². The molecule has 2 N–H and O–H groups in total. The fourth-order valence-electron chi connectivity index (χ4n) is 1.19. The number of benzene rings is 1. The van der Waals surface area contributed by atoms with Crippen LogP contribution < -0.4 is 0 Å². The van der Waals surface area contributed by atoms with E-state index in [9.17, 15) is 5.11 Å². The summed E-state index contributed by atoms with van der Waals surface area (Å²) < 4.78 is 0. The molecule has 1 heterocycles. The first-order chi connectivity index (χ1) is 5.29. The number of rotatable bonds is 0. The normalized spacial score (nSPS) is 10.6. The summed E-state index contributed by atoms with van der Waals surface area (Å²) in [6, 6.07) is 8.55. The second kappa shape index (κ2) is 2.02. The van der Waals surface area contributed by atoms with Crippen LogP contribution in [0.5, 0.6) is 5.75 Å². The molecule has 0 fully saturated rings. The van der Waals surface area contributed by atoms with Gasteiger partial charge in [0.1, 0.15) is 5.75 Å². The van der Waals surface area contributed by atoms with Crippen LogP contribution in [0.2, 0.25) is 0 Å². The summed E-state index contributed by atoms with van der Waals surface area (Å²) in [5.74, 6) is 0.306. The molecule has 1 radical (unpaired) electrons. The summed E-state index contributed by atoms with van der Waals surface area (Å²) in [6.07, 6.45) is 0. The Morgan fingerprint density at radius 2 is 2.36 bits per heavy atom. The third kappa shape index (κ3) is 0.792. The molecule has 0 amide bonds. The Bertz CT molecular complexity index is 389. The molecule has 2 heteroatoms. The standard InChI is InChI=1S/C9H8NO/c1-6-9(11)7-4-2-3-5-8(7)10-6/h2-3,5,10-11H,1H3. The van der Waals surface area contributed by atoms with E-state index < -0.39 is 0 Å². The molecule has 1 aromatic heterocycles. The first kappa shape index (κ1) is 6.28. The molecule has 55 valence electrons. The van der Waals surface area contributed by atoms with Crippen molar-refractivity contribution in [1.29, 1.82) is 0 Å². The van der Waals surface area contributed by atoms with E-state index in [2.05, 4.69) is 11.1 Å². The van der Waals surface area contributed by atoms with Gasteiger partial charge < -0.3 is 10.1 Å². The summed E-state index contributed by atoms with van der Waals surface area (Å²) >= 11 is 0. The minimum absolute atomic E-state index is 0.306. The third-order valence-corrected chi connectivity index (χ3v) is 1.77. The van der Waals surface area contributed by atoms with Crippen LogP contribution >= 0.6 is 0 Å². The Balaban J connectivity index is 2.92. The third-order valence-electron chi connectivity index (χ3n) is 1.77. The van der Waals surface area contributed by atoms with Crippen LogP contribution in [0, 0.1) is 13.0 Å². The predicted molar refractivity (Wildman–Crippen MR) is 43.5 cm³/mol. The highest BCUT2D eigenvalue weighted by Gasteiger charge is 2.03. The van der Waals surface area contributed by atoms with Crippen LogP contribution in [0.25, 0.3) is 10.9 Å². The van der Waals surface area contributed by atoms with Gasteiger partial charge >= 0.3 is 0 Å². The minimum atomic E-state index is 0.306. The highest BCUT2D eigenvalue weighted by atomic mass is 16.3. The lowest BCUT2D eigenvalue weighted by Crippen LogP contribution is -1.66. The Morgan fingerprint density at radius 1 is 1.55 bits per heavy atom. The maximum Gasteiger partial charge on any atom is 0.144 e. The van der Waals surface area contributed by atoms with Gasteiger partial charge in [-0.25, -0.2) is 0 Å². The number of fused-ring (bicyclic) bond motifs is 1. The monoisotopic (exact) mass is 146 g/mol. The lowest BCUT2D eigenvalue weighted by Gasteiger charge is -1.86. The van der Waals surface area contributed by atoms with Crippen molar-refractivity contribution in [2.75, 3.05) is 0 Å². The van der Waals surface area contributed by atoms with E-state index in [-0.39, 0.29) is 0 Å². The molecule has 2 rings (SSSR count). The lowest BCUT2D eigenvalue weighted by atomic mass is 10.2. The van der Waals surface area contributed by atoms with Gasteiger partial charge in [0.25, 0.3) is 0 Å². The predicted octanol–water partition coefficient (Wildman–Crippen LogP) is 1.98.